The standard InChI is InChI=1S/C22H19NO5/c1-14(24)16-8-10-17(11-9-16)19-12-13-20(28-19)22(26)27-15(2)21(25)23-18-6-4-3-5-7-18/h3-13,15H,1-2H3,(H,23,25)/t15-/m0/s1. The van der Waals surface area contributed by atoms with Crippen LogP contribution in [-0.4, -0.2) is 23.8 Å². The Morgan fingerprint density at radius 3 is 2.25 bits per heavy atom. The van der Waals surface area contributed by atoms with E-state index in [-0.39, 0.29) is 11.5 Å². The van der Waals surface area contributed by atoms with Gasteiger partial charge in [-0.05, 0) is 38.1 Å². The zero-order chi connectivity index (χ0) is 20.1. The maximum Gasteiger partial charge on any atom is 0.375 e. The second-order valence-electron chi connectivity index (χ2n) is 6.20. The molecule has 0 aliphatic heterocycles. The molecule has 0 unspecified atom stereocenters. The minimum atomic E-state index is -0.990. The molecule has 0 saturated heterocycles. The summed E-state index contributed by atoms with van der Waals surface area (Å²) in [5, 5.41) is 2.67. The molecule has 3 rings (SSSR count). The molecule has 1 atom stereocenters. The number of furan rings is 1. The van der Waals surface area contributed by atoms with Gasteiger partial charge in [0, 0.05) is 16.8 Å². The normalized spacial score (nSPS) is 11.5. The molecular weight excluding hydrogens is 358 g/mol. The molecule has 28 heavy (non-hydrogen) atoms. The number of esters is 1. The van der Waals surface area contributed by atoms with Crippen molar-refractivity contribution in [3.63, 3.8) is 0 Å². The van der Waals surface area contributed by atoms with Gasteiger partial charge in [-0.1, -0.05) is 42.5 Å². The number of carbonyl (C=O) groups excluding carboxylic acids is 3. The zero-order valence-corrected chi connectivity index (χ0v) is 15.5. The van der Waals surface area contributed by atoms with Crippen molar-refractivity contribution in [1.82, 2.24) is 0 Å². The van der Waals surface area contributed by atoms with Crippen LogP contribution >= 0.6 is 0 Å². The van der Waals surface area contributed by atoms with Gasteiger partial charge in [-0.25, -0.2) is 4.79 Å². The second kappa shape index (κ2) is 8.35. The summed E-state index contributed by atoms with van der Waals surface area (Å²) >= 11 is 0. The number of hydrogen-bond donors (Lipinski definition) is 1. The third kappa shape index (κ3) is 4.54. The lowest BCUT2D eigenvalue weighted by molar-refractivity contribution is -0.123. The van der Waals surface area contributed by atoms with Crippen LogP contribution < -0.4 is 5.32 Å². The molecule has 1 amide bonds. The Morgan fingerprint density at radius 1 is 0.929 bits per heavy atom. The van der Waals surface area contributed by atoms with Crippen molar-refractivity contribution in [2.45, 2.75) is 20.0 Å². The van der Waals surface area contributed by atoms with E-state index in [0.29, 0.717) is 17.0 Å². The highest BCUT2D eigenvalue weighted by molar-refractivity contribution is 5.97. The SMILES string of the molecule is CC(=O)c1ccc(-c2ccc(C(=O)O[C@@H](C)C(=O)Nc3ccccc3)o2)cc1. The highest BCUT2D eigenvalue weighted by Gasteiger charge is 2.21. The minimum Gasteiger partial charge on any atom is -0.449 e. The summed E-state index contributed by atoms with van der Waals surface area (Å²) < 4.78 is 10.7. The lowest BCUT2D eigenvalue weighted by Gasteiger charge is -2.12. The highest BCUT2D eigenvalue weighted by atomic mass is 16.6. The van der Waals surface area contributed by atoms with Crippen LogP contribution in [0.5, 0.6) is 0 Å². The number of anilines is 1. The summed E-state index contributed by atoms with van der Waals surface area (Å²) in [6.45, 7) is 2.98. The van der Waals surface area contributed by atoms with Crippen molar-refractivity contribution < 1.29 is 23.5 Å². The minimum absolute atomic E-state index is 0.00925. The lowest BCUT2D eigenvalue weighted by Crippen LogP contribution is -2.29. The zero-order valence-electron chi connectivity index (χ0n) is 15.5. The average Bonchev–Trinajstić information content (AvgIpc) is 3.19. The van der Waals surface area contributed by atoms with Gasteiger partial charge in [0.2, 0.25) is 5.76 Å². The molecule has 6 nitrogen and oxygen atoms in total. The number of hydrogen-bond acceptors (Lipinski definition) is 5. The molecule has 3 aromatic rings. The van der Waals surface area contributed by atoms with Crippen LogP contribution in [0, 0.1) is 0 Å². The molecule has 0 spiro atoms. The van der Waals surface area contributed by atoms with Gasteiger partial charge in [0.15, 0.2) is 11.9 Å². The third-order valence-electron chi connectivity index (χ3n) is 4.08. The molecule has 0 bridgehead atoms. The van der Waals surface area contributed by atoms with Gasteiger partial charge in [-0.2, -0.15) is 0 Å². The molecule has 0 fully saturated rings. The summed E-state index contributed by atoms with van der Waals surface area (Å²) in [5.41, 5.74) is 1.93. The fraction of sp³-hybridized carbons (Fsp3) is 0.136. The van der Waals surface area contributed by atoms with Crippen molar-refractivity contribution in [2.24, 2.45) is 0 Å². The van der Waals surface area contributed by atoms with Crippen LogP contribution in [0.15, 0.2) is 71.1 Å². The molecular formula is C22H19NO5. The van der Waals surface area contributed by atoms with Crippen LogP contribution in [0.4, 0.5) is 5.69 Å². The number of carbonyl (C=O) groups is 3. The summed E-state index contributed by atoms with van der Waals surface area (Å²) in [6, 6.07) is 18.9. The maximum absolute atomic E-state index is 12.3. The smallest absolute Gasteiger partial charge is 0.375 e. The van der Waals surface area contributed by atoms with Crippen molar-refractivity contribution in [1.29, 1.82) is 0 Å². The van der Waals surface area contributed by atoms with Gasteiger partial charge >= 0.3 is 5.97 Å². The largest absolute Gasteiger partial charge is 0.449 e. The molecule has 6 heteroatoms. The Morgan fingerprint density at radius 2 is 1.61 bits per heavy atom. The monoisotopic (exact) mass is 377 g/mol. The quantitative estimate of drug-likeness (QED) is 0.510. The number of amides is 1. The van der Waals surface area contributed by atoms with E-state index < -0.39 is 18.0 Å². The van der Waals surface area contributed by atoms with E-state index in [2.05, 4.69) is 5.32 Å². The molecule has 0 aliphatic carbocycles. The summed E-state index contributed by atoms with van der Waals surface area (Å²) in [7, 11) is 0. The first kappa shape index (κ1) is 19.1. The van der Waals surface area contributed by atoms with E-state index in [9.17, 15) is 14.4 Å². The first-order valence-corrected chi connectivity index (χ1v) is 8.72. The molecule has 0 saturated carbocycles. The lowest BCUT2D eigenvalue weighted by atomic mass is 10.1. The molecule has 1 heterocycles. The summed E-state index contributed by atoms with van der Waals surface area (Å²) in [4.78, 5) is 35.7. The summed E-state index contributed by atoms with van der Waals surface area (Å²) in [6.07, 6.45) is -0.990. The van der Waals surface area contributed by atoms with Gasteiger partial charge in [0.25, 0.3) is 5.91 Å². The number of nitrogens with one attached hydrogen (secondary N) is 1. The van der Waals surface area contributed by atoms with Crippen molar-refractivity contribution in [3.8, 4) is 11.3 Å². The van der Waals surface area contributed by atoms with Gasteiger partial charge in [0.05, 0.1) is 0 Å². The molecule has 142 valence electrons. The van der Waals surface area contributed by atoms with E-state index in [1.165, 1.54) is 19.9 Å². The predicted molar refractivity (Wildman–Crippen MR) is 104 cm³/mol. The number of benzene rings is 2. The maximum atomic E-state index is 12.3. The van der Waals surface area contributed by atoms with Crippen molar-refractivity contribution >= 4 is 23.3 Å². The number of Topliss-reactive ketones (excluding diaryl/α,β-unsaturated/α-hetero) is 1. The van der Waals surface area contributed by atoms with Crippen LogP contribution in [0.2, 0.25) is 0 Å². The Labute approximate surface area is 162 Å². The van der Waals surface area contributed by atoms with Crippen molar-refractivity contribution in [2.75, 3.05) is 5.32 Å². The van der Waals surface area contributed by atoms with Crippen molar-refractivity contribution in [3.05, 3.63) is 78.1 Å². The number of rotatable bonds is 6. The number of ether oxygens (including phenoxy) is 1. The molecule has 2 aromatic carbocycles. The van der Waals surface area contributed by atoms with E-state index in [0.717, 1.165) is 5.56 Å². The van der Waals surface area contributed by atoms with E-state index in [1.54, 1.807) is 54.6 Å². The fourth-order valence-corrected chi connectivity index (χ4v) is 2.51. The van der Waals surface area contributed by atoms with Gasteiger partial charge in [0.1, 0.15) is 5.76 Å². The Hall–Kier alpha value is -3.67. The van der Waals surface area contributed by atoms with Gasteiger partial charge in [-0.15, -0.1) is 0 Å². The first-order valence-electron chi connectivity index (χ1n) is 8.72. The second-order valence-corrected chi connectivity index (χ2v) is 6.20. The van der Waals surface area contributed by atoms with Gasteiger partial charge < -0.3 is 14.5 Å². The third-order valence-corrected chi connectivity index (χ3v) is 4.08. The highest BCUT2D eigenvalue weighted by Crippen LogP contribution is 2.23. The molecule has 1 N–H and O–H groups in total. The molecule has 0 radical (unpaired) electrons. The number of ketones is 1. The predicted octanol–water partition coefficient (Wildman–Crippen LogP) is 4.33. The Balaban J connectivity index is 1.63. The van der Waals surface area contributed by atoms with Crippen LogP contribution in [0.25, 0.3) is 11.3 Å². The van der Waals surface area contributed by atoms with E-state index >= 15 is 0 Å². The topological polar surface area (TPSA) is 85.6 Å². The first-order chi connectivity index (χ1) is 13.4. The van der Waals surface area contributed by atoms with Crippen LogP contribution in [-0.2, 0) is 9.53 Å². The molecule has 1 aromatic heterocycles. The summed E-state index contributed by atoms with van der Waals surface area (Å²) in [5.74, 6) is -0.750. The Bertz CT molecular complexity index is 989. The van der Waals surface area contributed by atoms with Crippen LogP contribution in [0.3, 0.4) is 0 Å². The van der Waals surface area contributed by atoms with Gasteiger partial charge in [-0.3, -0.25) is 9.59 Å². The Kier molecular flexibility index (Phi) is 5.69. The average molecular weight is 377 g/mol. The van der Waals surface area contributed by atoms with E-state index in [4.69, 9.17) is 9.15 Å². The number of para-hydroxylation sites is 1. The van der Waals surface area contributed by atoms with E-state index in [1.807, 2.05) is 6.07 Å². The molecule has 0 aliphatic rings. The fourth-order valence-electron chi connectivity index (χ4n) is 2.51. The van der Waals surface area contributed by atoms with Crippen LogP contribution in [0.1, 0.15) is 34.8 Å².